The van der Waals surface area contributed by atoms with E-state index in [1.54, 1.807) is 44.3 Å². The molecule has 2 aromatic heterocycles. The van der Waals surface area contributed by atoms with Crippen LogP contribution in [0.15, 0.2) is 35.3 Å². The molecule has 2 heterocycles. The summed E-state index contributed by atoms with van der Waals surface area (Å²) in [4.78, 5) is 54.1. The van der Waals surface area contributed by atoms with Crippen LogP contribution in [0.1, 0.15) is 48.2 Å². The number of aromatic carboxylic acids is 1. The van der Waals surface area contributed by atoms with Crippen LogP contribution >= 0.6 is 0 Å². The molecule has 0 saturated carbocycles. The van der Waals surface area contributed by atoms with Gasteiger partial charge in [-0.3, -0.25) is 19.4 Å². The molecule has 36 heavy (non-hydrogen) atoms. The number of aryl methyl sites for hydroxylation is 2. The van der Waals surface area contributed by atoms with Crippen LogP contribution < -0.4 is 17.0 Å². The number of nitrogens with two attached hydrogens (primary N) is 2. The first kappa shape index (κ1) is 28.1. The summed E-state index contributed by atoms with van der Waals surface area (Å²) in [5.74, 6) is -1.68. The Labute approximate surface area is 207 Å². The first-order valence-electron chi connectivity index (χ1n) is 11.4. The molecule has 0 aliphatic carbocycles. The molecule has 3 rings (SSSR count). The molecule has 0 aliphatic heterocycles. The lowest BCUT2D eigenvalue weighted by atomic mass is 10.0. The Morgan fingerprint density at radius 1 is 1.08 bits per heavy atom. The number of benzene rings is 1. The number of aromatic amines is 2. The van der Waals surface area contributed by atoms with Crippen LogP contribution in [0.2, 0.25) is 0 Å². The Morgan fingerprint density at radius 3 is 2.36 bits per heavy atom. The Balaban J connectivity index is 0.000000284. The maximum absolute atomic E-state index is 12.0. The number of nitrogen functional groups attached to an aromatic ring is 1. The van der Waals surface area contributed by atoms with Gasteiger partial charge in [-0.2, -0.15) is 4.98 Å². The Hall–Kier alpha value is -4.19. The van der Waals surface area contributed by atoms with Crippen LogP contribution in [0, 0.1) is 0 Å². The van der Waals surface area contributed by atoms with E-state index >= 15 is 0 Å². The Bertz CT molecular complexity index is 1230. The summed E-state index contributed by atoms with van der Waals surface area (Å²) in [6, 6.07) is 5.96. The first-order valence-corrected chi connectivity index (χ1v) is 11.4. The summed E-state index contributed by atoms with van der Waals surface area (Å²) in [7, 11) is 0. The Morgan fingerprint density at radius 2 is 1.75 bits per heavy atom. The van der Waals surface area contributed by atoms with Gasteiger partial charge in [0.1, 0.15) is 11.7 Å². The third kappa shape index (κ3) is 8.24. The van der Waals surface area contributed by atoms with Crippen molar-refractivity contribution >= 4 is 34.9 Å². The molecule has 194 valence electrons. The number of anilines is 1. The minimum Gasteiger partial charge on any atom is -0.478 e. The fourth-order valence-electron chi connectivity index (χ4n) is 3.28. The van der Waals surface area contributed by atoms with Gasteiger partial charge >= 0.3 is 17.9 Å². The summed E-state index contributed by atoms with van der Waals surface area (Å²) in [5, 5.41) is 9.38. The molecule has 0 fully saturated rings. The fraction of sp³-hybridized carbons (Fsp3) is 0.375. The van der Waals surface area contributed by atoms with Crippen molar-refractivity contribution in [2.75, 3.05) is 18.9 Å². The molecule has 1 aromatic carbocycles. The van der Waals surface area contributed by atoms with Crippen molar-refractivity contribution in [2.24, 2.45) is 5.73 Å². The van der Waals surface area contributed by atoms with Gasteiger partial charge in [-0.05, 0) is 56.4 Å². The van der Waals surface area contributed by atoms with Gasteiger partial charge < -0.3 is 31.0 Å². The SMILES string of the molecule is CCOC(=O)CC[C@H](N)C(=O)OCC.Nc1nc2[nH]cc(CCc3ccc(C(=O)O)cc3)c2c(=O)[nH]1. The number of hydrogen-bond acceptors (Lipinski definition) is 9. The molecule has 3 aromatic rings. The highest BCUT2D eigenvalue weighted by atomic mass is 16.5. The van der Waals surface area contributed by atoms with Gasteiger partial charge in [0.25, 0.3) is 5.56 Å². The van der Waals surface area contributed by atoms with Gasteiger partial charge in [-0.25, -0.2) is 4.79 Å². The molecule has 12 heteroatoms. The average molecular weight is 502 g/mol. The summed E-state index contributed by atoms with van der Waals surface area (Å²) >= 11 is 0. The van der Waals surface area contributed by atoms with E-state index in [1.807, 2.05) is 0 Å². The number of carboxylic acid groups (broad SMARTS) is 1. The number of carboxylic acids is 1. The zero-order chi connectivity index (χ0) is 26.7. The summed E-state index contributed by atoms with van der Waals surface area (Å²) in [5.41, 5.74) is 13.3. The quantitative estimate of drug-likeness (QED) is 0.253. The van der Waals surface area contributed by atoms with Crippen LogP contribution in [0.25, 0.3) is 11.0 Å². The highest BCUT2D eigenvalue weighted by Gasteiger charge is 2.16. The average Bonchev–Trinajstić information content (AvgIpc) is 3.25. The highest BCUT2D eigenvalue weighted by molar-refractivity contribution is 5.87. The molecule has 0 bridgehead atoms. The van der Waals surface area contributed by atoms with Gasteiger partial charge in [-0.15, -0.1) is 0 Å². The van der Waals surface area contributed by atoms with Crippen molar-refractivity contribution in [1.29, 1.82) is 0 Å². The third-order valence-corrected chi connectivity index (χ3v) is 5.08. The minimum absolute atomic E-state index is 0.0789. The van der Waals surface area contributed by atoms with Crippen LogP contribution in [-0.4, -0.2) is 57.2 Å². The molecule has 0 spiro atoms. The second-order valence-corrected chi connectivity index (χ2v) is 7.69. The monoisotopic (exact) mass is 501 g/mol. The largest absolute Gasteiger partial charge is 0.478 e. The second-order valence-electron chi connectivity index (χ2n) is 7.69. The van der Waals surface area contributed by atoms with E-state index in [0.717, 1.165) is 11.1 Å². The van der Waals surface area contributed by atoms with Crippen molar-refractivity contribution in [1.82, 2.24) is 15.0 Å². The van der Waals surface area contributed by atoms with E-state index in [-0.39, 0.29) is 35.9 Å². The van der Waals surface area contributed by atoms with Crippen molar-refractivity contribution in [2.45, 2.75) is 45.6 Å². The van der Waals surface area contributed by atoms with Crippen molar-refractivity contribution < 1.29 is 29.0 Å². The minimum atomic E-state index is -0.946. The van der Waals surface area contributed by atoms with E-state index in [9.17, 15) is 19.2 Å². The molecule has 0 saturated heterocycles. The van der Waals surface area contributed by atoms with E-state index in [4.69, 9.17) is 16.6 Å². The molecule has 0 amide bonds. The molecule has 0 aliphatic rings. The number of fused-ring (bicyclic) bond motifs is 1. The number of carbonyl (C=O) groups excluding carboxylic acids is 2. The van der Waals surface area contributed by atoms with Crippen LogP contribution in [0.3, 0.4) is 0 Å². The second kappa shape index (κ2) is 13.6. The molecule has 7 N–H and O–H groups in total. The zero-order valence-electron chi connectivity index (χ0n) is 20.2. The number of carbonyl (C=O) groups is 3. The van der Waals surface area contributed by atoms with E-state index < -0.39 is 18.0 Å². The maximum atomic E-state index is 12.0. The van der Waals surface area contributed by atoms with Gasteiger partial charge in [0.15, 0.2) is 0 Å². The van der Waals surface area contributed by atoms with Crippen molar-refractivity contribution in [3.05, 3.63) is 57.5 Å². The smallest absolute Gasteiger partial charge is 0.335 e. The standard InChI is InChI=1S/C15H14N4O3.C9H17NO4/c16-15-18-12-11(13(20)19-15)10(7-17-12)6-3-8-1-4-9(5-2-8)14(21)22;1-3-13-8(11)6-5-7(10)9(12)14-4-2/h1-2,4-5,7H,3,6H2,(H,21,22)(H4,16,17,18,19,20);7H,3-6,10H2,1-2H3/t;7-/m.0/s1. The topological polar surface area (TPSA) is 203 Å². The normalized spacial score (nSPS) is 11.3. The van der Waals surface area contributed by atoms with Crippen molar-refractivity contribution in [3.8, 4) is 0 Å². The molecule has 0 unspecified atom stereocenters. The molecule has 1 atom stereocenters. The lowest BCUT2D eigenvalue weighted by Crippen LogP contribution is -2.32. The van der Waals surface area contributed by atoms with Crippen LogP contribution in [0.4, 0.5) is 5.95 Å². The zero-order valence-corrected chi connectivity index (χ0v) is 20.2. The first-order chi connectivity index (χ1) is 17.2. The van der Waals surface area contributed by atoms with E-state index in [0.29, 0.717) is 37.1 Å². The maximum Gasteiger partial charge on any atom is 0.335 e. The van der Waals surface area contributed by atoms with Crippen LogP contribution in [-0.2, 0) is 31.9 Å². The van der Waals surface area contributed by atoms with Crippen LogP contribution in [0.5, 0.6) is 0 Å². The lowest BCUT2D eigenvalue weighted by molar-refractivity contribution is -0.146. The number of esters is 2. The number of aromatic nitrogens is 3. The summed E-state index contributed by atoms with van der Waals surface area (Å²) in [6.07, 6.45) is 3.49. The van der Waals surface area contributed by atoms with Crippen molar-refractivity contribution in [3.63, 3.8) is 0 Å². The molecule has 0 radical (unpaired) electrons. The lowest BCUT2D eigenvalue weighted by Gasteiger charge is -2.09. The number of hydrogen-bond donors (Lipinski definition) is 5. The highest BCUT2D eigenvalue weighted by Crippen LogP contribution is 2.16. The fourth-order valence-corrected chi connectivity index (χ4v) is 3.28. The van der Waals surface area contributed by atoms with Gasteiger partial charge in [-0.1, -0.05) is 12.1 Å². The molecular weight excluding hydrogens is 470 g/mol. The Kier molecular flexibility index (Phi) is 10.6. The van der Waals surface area contributed by atoms with E-state index in [2.05, 4.69) is 24.4 Å². The predicted molar refractivity (Wildman–Crippen MR) is 132 cm³/mol. The van der Waals surface area contributed by atoms with Gasteiger partial charge in [0, 0.05) is 12.6 Å². The summed E-state index contributed by atoms with van der Waals surface area (Å²) in [6.45, 7) is 4.07. The predicted octanol–water partition coefficient (Wildman–Crippen LogP) is 1.54. The van der Waals surface area contributed by atoms with E-state index in [1.165, 1.54) is 0 Å². The number of nitrogens with one attached hydrogen (secondary N) is 2. The third-order valence-electron chi connectivity index (χ3n) is 5.08. The molecular formula is C24H31N5O7. The number of H-pyrrole nitrogens is 2. The number of ether oxygens (including phenoxy) is 2. The number of rotatable bonds is 10. The number of nitrogens with zero attached hydrogens (tertiary/aromatic N) is 1. The summed E-state index contributed by atoms with van der Waals surface area (Å²) < 4.78 is 9.37. The molecule has 12 nitrogen and oxygen atoms in total. The van der Waals surface area contributed by atoms with Gasteiger partial charge in [0.05, 0.1) is 24.2 Å². The van der Waals surface area contributed by atoms with Gasteiger partial charge in [0.2, 0.25) is 5.95 Å².